The second-order valence-corrected chi connectivity index (χ2v) is 6.04. The number of anilines is 1. The van der Waals surface area contributed by atoms with Gasteiger partial charge in [0.05, 0.1) is 10.6 Å². The van der Waals surface area contributed by atoms with E-state index in [1.54, 1.807) is 0 Å². The first-order chi connectivity index (χ1) is 11.6. The van der Waals surface area contributed by atoms with Crippen molar-refractivity contribution in [3.63, 3.8) is 0 Å². The highest BCUT2D eigenvalue weighted by molar-refractivity contribution is 6.31. The maximum atomic E-state index is 13.0. The van der Waals surface area contributed by atoms with Crippen LogP contribution in [0.4, 0.5) is 18.9 Å². The number of hydrogen-bond acceptors (Lipinski definition) is 2. The molecule has 0 aliphatic heterocycles. The Kier molecular flexibility index (Phi) is 7.73. The molecule has 1 rings (SSSR count). The Labute approximate surface area is 150 Å². The van der Waals surface area contributed by atoms with Crippen LogP contribution in [0, 0.1) is 5.92 Å². The highest BCUT2D eigenvalue weighted by atomic mass is 35.5. The average Bonchev–Trinajstić information content (AvgIpc) is 2.52. The fourth-order valence-electron chi connectivity index (χ4n) is 2.46. The van der Waals surface area contributed by atoms with E-state index in [4.69, 9.17) is 11.6 Å². The van der Waals surface area contributed by atoms with Crippen molar-refractivity contribution < 1.29 is 22.8 Å². The van der Waals surface area contributed by atoms with Crippen molar-refractivity contribution in [1.29, 1.82) is 0 Å². The fourth-order valence-corrected chi connectivity index (χ4v) is 2.69. The van der Waals surface area contributed by atoms with Gasteiger partial charge < -0.3 is 10.2 Å². The van der Waals surface area contributed by atoms with Crippen LogP contribution in [-0.2, 0) is 15.8 Å². The number of nitrogens with one attached hydrogen (secondary N) is 1. The zero-order valence-electron chi connectivity index (χ0n) is 14.4. The van der Waals surface area contributed by atoms with E-state index in [0.29, 0.717) is 12.8 Å². The van der Waals surface area contributed by atoms with Crippen LogP contribution < -0.4 is 10.2 Å². The summed E-state index contributed by atoms with van der Waals surface area (Å²) in [4.78, 5) is 24.9. The summed E-state index contributed by atoms with van der Waals surface area (Å²) in [5.41, 5.74) is -0.917. The molecule has 0 fully saturated rings. The molecule has 0 saturated heterocycles. The summed E-state index contributed by atoms with van der Waals surface area (Å²) in [6.07, 6.45) is -3.21. The fraction of sp³-hybridized carbons (Fsp3) is 0.529. The van der Waals surface area contributed by atoms with E-state index < -0.39 is 22.7 Å². The molecule has 1 N–H and O–H groups in total. The summed E-state index contributed by atoms with van der Waals surface area (Å²) in [5, 5.41) is 2.29. The van der Waals surface area contributed by atoms with Crippen molar-refractivity contribution in [2.24, 2.45) is 5.92 Å². The molecule has 0 radical (unpaired) electrons. The van der Waals surface area contributed by atoms with E-state index in [2.05, 4.69) is 5.32 Å². The van der Waals surface area contributed by atoms with Crippen LogP contribution >= 0.6 is 11.6 Å². The molecular formula is C17H22ClF3N2O2. The summed E-state index contributed by atoms with van der Waals surface area (Å²) in [6, 6.07) is 3.30. The summed E-state index contributed by atoms with van der Waals surface area (Å²) < 4.78 is 38.9. The van der Waals surface area contributed by atoms with Gasteiger partial charge >= 0.3 is 6.18 Å². The minimum Gasteiger partial charge on any atom is -0.354 e. The molecule has 8 heteroatoms. The lowest BCUT2D eigenvalue weighted by Crippen LogP contribution is -2.39. The van der Waals surface area contributed by atoms with Gasteiger partial charge in [0.25, 0.3) is 0 Å². The van der Waals surface area contributed by atoms with Crippen molar-refractivity contribution in [3.8, 4) is 0 Å². The largest absolute Gasteiger partial charge is 0.417 e. The first kappa shape index (κ1) is 21.3. The molecule has 140 valence electrons. The van der Waals surface area contributed by atoms with E-state index in [1.165, 1.54) is 17.9 Å². The van der Waals surface area contributed by atoms with E-state index >= 15 is 0 Å². The van der Waals surface area contributed by atoms with Gasteiger partial charge in [0, 0.05) is 31.6 Å². The van der Waals surface area contributed by atoms with Crippen LogP contribution in [0.5, 0.6) is 0 Å². The third-order valence-corrected chi connectivity index (χ3v) is 4.27. The Balaban J connectivity index is 2.88. The van der Waals surface area contributed by atoms with Crippen molar-refractivity contribution in [2.75, 3.05) is 18.0 Å². The Bertz CT molecular complexity index is 616. The predicted molar refractivity (Wildman–Crippen MR) is 91.6 cm³/mol. The topological polar surface area (TPSA) is 49.4 Å². The van der Waals surface area contributed by atoms with Crippen LogP contribution in [0.15, 0.2) is 18.2 Å². The standard InChI is InChI=1S/C17H22ClF3N2O2/c1-4-12(5-2)16(25)22-8-9-23(11(3)24)13-6-7-15(18)14(10-13)17(19,20)21/h6-7,10,12H,4-5,8-9H2,1-3H3,(H,22,25). The molecule has 4 nitrogen and oxygen atoms in total. The van der Waals surface area contributed by atoms with Crippen molar-refractivity contribution in [3.05, 3.63) is 28.8 Å². The summed E-state index contributed by atoms with van der Waals surface area (Å²) in [7, 11) is 0. The van der Waals surface area contributed by atoms with E-state index in [0.717, 1.165) is 12.1 Å². The molecule has 2 amide bonds. The predicted octanol–water partition coefficient (Wildman–Crippen LogP) is 4.26. The molecule has 0 aliphatic rings. The van der Waals surface area contributed by atoms with Crippen LogP contribution in [-0.4, -0.2) is 24.9 Å². The molecule has 1 aromatic carbocycles. The zero-order chi connectivity index (χ0) is 19.2. The van der Waals surface area contributed by atoms with Crippen molar-refractivity contribution in [1.82, 2.24) is 5.32 Å². The van der Waals surface area contributed by atoms with Gasteiger partial charge in [0.15, 0.2) is 0 Å². The number of hydrogen-bond donors (Lipinski definition) is 1. The highest BCUT2D eigenvalue weighted by Crippen LogP contribution is 2.36. The van der Waals surface area contributed by atoms with Gasteiger partial charge in [-0.05, 0) is 31.0 Å². The smallest absolute Gasteiger partial charge is 0.354 e. The van der Waals surface area contributed by atoms with Crippen LogP contribution in [0.1, 0.15) is 39.2 Å². The number of carbonyl (C=O) groups excluding carboxylic acids is 2. The maximum absolute atomic E-state index is 13.0. The number of nitrogens with zero attached hydrogens (tertiary/aromatic N) is 1. The molecule has 1 aromatic rings. The lowest BCUT2D eigenvalue weighted by Gasteiger charge is -2.23. The molecule has 0 unspecified atom stereocenters. The van der Waals surface area contributed by atoms with Gasteiger partial charge in [0.2, 0.25) is 11.8 Å². The molecule has 0 aromatic heterocycles. The molecular weight excluding hydrogens is 357 g/mol. The zero-order valence-corrected chi connectivity index (χ0v) is 15.2. The molecule has 0 heterocycles. The number of alkyl halides is 3. The van der Waals surface area contributed by atoms with E-state index in [9.17, 15) is 22.8 Å². The lowest BCUT2D eigenvalue weighted by atomic mass is 10.0. The summed E-state index contributed by atoms with van der Waals surface area (Å²) in [6.45, 7) is 5.29. The normalized spacial score (nSPS) is 11.5. The Hall–Kier alpha value is -1.76. The van der Waals surface area contributed by atoms with Crippen LogP contribution in [0.25, 0.3) is 0 Å². The third-order valence-electron chi connectivity index (χ3n) is 3.94. The first-order valence-corrected chi connectivity index (χ1v) is 8.42. The second-order valence-electron chi connectivity index (χ2n) is 5.64. The van der Waals surface area contributed by atoms with E-state index in [-0.39, 0.29) is 30.6 Å². The molecule has 0 bridgehead atoms. The van der Waals surface area contributed by atoms with Crippen LogP contribution in [0.2, 0.25) is 5.02 Å². The van der Waals surface area contributed by atoms with Gasteiger partial charge in [-0.15, -0.1) is 0 Å². The molecule has 0 atom stereocenters. The van der Waals surface area contributed by atoms with Crippen molar-refractivity contribution in [2.45, 2.75) is 39.8 Å². The quantitative estimate of drug-likeness (QED) is 0.770. The summed E-state index contributed by atoms with van der Waals surface area (Å²) in [5.74, 6) is -0.661. The molecule has 0 saturated carbocycles. The number of amides is 2. The van der Waals surface area contributed by atoms with Gasteiger partial charge in [-0.3, -0.25) is 9.59 Å². The minimum atomic E-state index is -4.61. The number of carbonyl (C=O) groups is 2. The minimum absolute atomic E-state index is 0.0696. The lowest BCUT2D eigenvalue weighted by molar-refractivity contribution is -0.137. The summed E-state index contributed by atoms with van der Waals surface area (Å²) >= 11 is 5.60. The average molecular weight is 379 g/mol. The number of halogens is 4. The van der Waals surface area contributed by atoms with E-state index in [1.807, 2.05) is 13.8 Å². The second kappa shape index (κ2) is 9.08. The number of benzene rings is 1. The maximum Gasteiger partial charge on any atom is 0.417 e. The van der Waals surface area contributed by atoms with Gasteiger partial charge in [0.1, 0.15) is 0 Å². The SMILES string of the molecule is CCC(CC)C(=O)NCCN(C(C)=O)c1ccc(Cl)c(C(F)(F)F)c1. The van der Waals surface area contributed by atoms with Gasteiger partial charge in [-0.2, -0.15) is 13.2 Å². The molecule has 0 spiro atoms. The molecule has 25 heavy (non-hydrogen) atoms. The number of rotatable bonds is 7. The Morgan fingerprint density at radius 1 is 1.24 bits per heavy atom. The van der Waals surface area contributed by atoms with Crippen LogP contribution in [0.3, 0.4) is 0 Å². The third kappa shape index (κ3) is 5.92. The monoisotopic (exact) mass is 378 g/mol. The van der Waals surface area contributed by atoms with Gasteiger partial charge in [-0.1, -0.05) is 25.4 Å². The Morgan fingerprint density at radius 3 is 2.32 bits per heavy atom. The Morgan fingerprint density at radius 2 is 1.84 bits per heavy atom. The van der Waals surface area contributed by atoms with Gasteiger partial charge in [-0.25, -0.2) is 0 Å². The van der Waals surface area contributed by atoms with Crippen molar-refractivity contribution >= 4 is 29.1 Å². The highest BCUT2D eigenvalue weighted by Gasteiger charge is 2.34. The first-order valence-electron chi connectivity index (χ1n) is 8.04. The molecule has 0 aliphatic carbocycles.